The highest BCUT2D eigenvalue weighted by Crippen LogP contribution is 2.20. The molecule has 0 spiro atoms. The van der Waals surface area contributed by atoms with E-state index in [0.29, 0.717) is 0 Å². The number of aliphatic hydroxyl groups excluding tert-OH is 1. The van der Waals surface area contributed by atoms with E-state index >= 15 is 0 Å². The van der Waals surface area contributed by atoms with Gasteiger partial charge in [0, 0.05) is 11.2 Å². The Bertz CT molecular complexity index is 429. The smallest absolute Gasteiger partial charge is 0.317 e. The summed E-state index contributed by atoms with van der Waals surface area (Å²) in [6.45, 7) is -0.515. The van der Waals surface area contributed by atoms with Crippen LogP contribution in [0.5, 0.6) is 0 Å². The van der Waals surface area contributed by atoms with Gasteiger partial charge in [0.05, 0.1) is 22.7 Å². The highest BCUT2D eigenvalue weighted by molar-refractivity contribution is 5.95. The van der Waals surface area contributed by atoms with Crippen LogP contribution < -0.4 is 0 Å². The Hall–Kier alpha value is -2.15. The van der Waals surface area contributed by atoms with Crippen molar-refractivity contribution in [3.8, 4) is 0 Å². The number of hydrogen-bond donors (Lipinski definition) is 1. The minimum absolute atomic E-state index is 0.0717. The topological polar surface area (TPSA) is 110 Å². The monoisotopic (exact) mass is 210 g/mol. The van der Waals surface area contributed by atoms with Crippen molar-refractivity contribution in [1.82, 2.24) is 0 Å². The van der Waals surface area contributed by atoms with Gasteiger partial charge in [-0.15, -0.1) is 4.91 Å². The SMILES string of the molecule is O=NC(=O)c1ccc(CO)c([N+](=O)[O-])c1. The molecule has 0 aliphatic heterocycles. The summed E-state index contributed by atoms with van der Waals surface area (Å²) in [5.74, 6) is -1.08. The lowest BCUT2D eigenvalue weighted by Crippen LogP contribution is -2.00. The fraction of sp³-hybridized carbons (Fsp3) is 0.125. The van der Waals surface area contributed by atoms with Gasteiger partial charge in [-0.1, -0.05) is 0 Å². The van der Waals surface area contributed by atoms with E-state index in [1.165, 1.54) is 12.1 Å². The molecule has 0 heterocycles. The van der Waals surface area contributed by atoms with E-state index < -0.39 is 23.1 Å². The van der Waals surface area contributed by atoms with Gasteiger partial charge in [0.25, 0.3) is 5.69 Å². The number of hydrogen-bond acceptors (Lipinski definition) is 5. The number of aliphatic hydroxyl groups is 1. The standard InChI is InChI=1S/C8H6N2O5/c11-4-6-2-1-5(8(12)9-13)3-7(6)10(14)15/h1-3,11H,4H2. The lowest BCUT2D eigenvalue weighted by atomic mass is 10.1. The van der Waals surface area contributed by atoms with Crippen molar-refractivity contribution >= 4 is 11.6 Å². The second-order valence-electron chi connectivity index (χ2n) is 2.66. The first kappa shape index (κ1) is 10.9. The van der Waals surface area contributed by atoms with Gasteiger partial charge in [0.2, 0.25) is 0 Å². The van der Waals surface area contributed by atoms with Crippen LogP contribution >= 0.6 is 0 Å². The van der Waals surface area contributed by atoms with E-state index in [0.717, 1.165) is 6.07 Å². The van der Waals surface area contributed by atoms with Crippen LogP contribution in [-0.2, 0) is 6.61 Å². The summed E-state index contributed by atoms with van der Waals surface area (Å²) in [4.78, 5) is 30.5. The largest absolute Gasteiger partial charge is 0.391 e. The first-order chi connectivity index (χ1) is 7.10. The molecule has 0 aliphatic rings. The molecule has 0 saturated heterocycles. The van der Waals surface area contributed by atoms with Crippen LogP contribution in [0.2, 0.25) is 0 Å². The zero-order valence-electron chi connectivity index (χ0n) is 7.41. The summed E-state index contributed by atoms with van der Waals surface area (Å²) in [5, 5.41) is 21.4. The van der Waals surface area contributed by atoms with Gasteiger partial charge in [0.1, 0.15) is 0 Å². The molecule has 7 heteroatoms. The Morgan fingerprint density at radius 2 is 2.20 bits per heavy atom. The van der Waals surface area contributed by atoms with E-state index in [1.807, 2.05) is 0 Å². The third-order valence-electron chi connectivity index (χ3n) is 1.78. The Morgan fingerprint density at radius 1 is 1.53 bits per heavy atom. The van der Waals surface area contributed by atoms with E-state index in [1.54, 1.807) is 0 Å². The first-order valence-corrected chi connectivity index (χ1v) is 3.86. The fourth-order valence-electron chi connectivity index (χ4n) is 1.05. The van der Waals surface area contributed by atoms with Crippen molar-refractivity contribution in [1.29, 1.82) is 0 Å². The van der Waals surface area contributed by atoms with Gasteiger partial charge < -0.3 is 5.11 Å². The first-order valence-electron chi connectivity index (χ1n) is 3.86. The average Bonchev–Trinajstić information content (AvgIpc) is 2.27. The molecule has 0 radical (unpaired) electrons. The van der Waals surface area contributed by atoms with Crippen molar-refractivity contribution in [2.75, 3.05) is 0 Å². The molecule has 0 unspecified atom stereocenters. The number of benzene rings is 1. The second-order valence-corrected chi connectivity index (χ2v) is 2.66. The molecule has 7 nitrogen and oxygen atoms in total. The molecule has 0 fully saturated rings. The highest BCUT2D eigenvalue weighted by atomic mass is 16.6. The third-order valence-corrected chi connectivity index (χ3v) is 1.78. The minimum atomic E-state index is -1.08. The molecule has 1 rings (SSSR count). The molecule has 0 aliphatic carbocycles. The lowest BCUT2D eigenvalue weighted by Gasteiger charge is -1.99. The number of nitro benzene ring substituents is 1. The third kappa shape index (κ3) is 2.20. The molecular formula is C8H6N2O5. The van der Waals surface area contributed by atoms with E-state index in [-0.39, 0.29) is 11.1 Å². The van der Waals surface area contributed by atoms with Crippen molar-refractivity contribution in [3.05, 3.63) is 44.3 Å². The molecule has 1 aromatic rings. The molecule has 78 valence electrons. The number of nitrogens with zero attached hydrogens (tertiary/aromatic N) is 2. The molecule has 1 N–H and O–H groups in total. The van der Waals surface area contributed by atoms with Crippen molar-refractivity contribution in [3.63, 3.8) is 0 Å². The predicted molar refractivity (Wildman–Crippen MR) is 49.1 cm³/mol. The maximum absolute atomic E-state index is 10.8. The van der Waals surface area contributed by atoms with Crippen molar-refractivity contribution < 1.29 is 14.8 Å². The van der Waals surface area contributed by atoms with Gasteiger partial charge in [-0.25, -0.2) is 0 Å². The van der Waals surface area contributed by atoms with Crippen LogP contribution in [0.25, 0.3) is 0 Å². The van der Waals surface area contributed by atoms with Crippen LogP contribution in [0.4, 0.5) is 5.69 Å². The molecule has 0 atom stereocenters. The van der Waals surface area contributed by atoms with Crippen molar-refractivity contribution in [2.45, 2.75) is 6.61 Å². The number of nitroso groups, excluding NO2 is 1. The maximum atomic E-state index is 10.8. The fourth-order valence-corrected chi connectivity index (χ4v) is 1.05. The molecule has 0 bridgehead atoms. The van der Waals surface area contributed by atoms with E-state index in [2.05, 4.69) is 5.18 Å². The highest BCUT2D eigenvalue weighted by Gasteiger charge is 2.16. The van der Waals surface area contributed by atoms with Crippen molar-refractivity contribution in [2.24, 2.45) is 5.18 Å². The van der Waals surface area contributed by atoms with Gasteiger partial charge >= 0.3 is 5.91 Å². The Kier molecular flexibility index (Phi) is 3.19. The quantitative estimate of drug-likeness (QED) is 0.454. The summed E-state index contributed by atoms with van der Waals surface area (Å²) in [6.07, 6.45) is 0. The summed E-state index contributed by atoms with van der Waals surface area (Å²) in [7, 11) is 0. The summed E-state index contributed by atoms with van der Waals surface area (Å²) in [6, 6.07) is 3.31. The summed E-state index contributed by atoms with van der Waals surface area (Å²) >= 11 is 0. The van der Waals surface area contributed by atoms with Gasteiger partial charge in [0.15, 0.2) is 0 Å². The minimum Gasteiger partial charge on any atom is -0.391 e. The molecule has 0 saturated carbocycles. The number of amides is 1. The van der Waals surface area contributed by atoms with Crippen LogP contribution in [0.15, 0.2) is 23.4 Å². The normalized spacial score (nSPS) is 9.67. The maximum Gasteiger partial charge on any atom is 0.317 e. The predicted octanol–water partition coefficient (Wildman–Crippen LogP) is 0.994. The molecule has 1 amide bonds. The number of carbonyl (C=O) groups excluding carboxylic acids is 1. The van der Waals surface area contributed by atoms with Crippen LogP contribution in [0.1, 0.15) is 15.9 Å². The number of carbonyl (C=O) groups is 1. The second kappa shape index (κ2) is 4.38. The zero-order valence-corrected chi connectivity index (χ0v) is 7.41. The van der Waals surface area contributed by atoms with Gasteiger partial charge in [-0.05, 0) is 12.1 Å². The van der Waals surface area contributed by atoms with Crippen LogP contribution in [-0.4, -0.2) is 15.9 Å². The summed E-state index contributed by atoms with van der Waals surface area (Å²) in [5.41, 5.74) is -0.511. The number of rotatable bonds is 3. The van der Waals surface area contributed by atoms with E-state index in [4.69, 9.17) is 5.11 Å². The number of nitro groups is 1. The van der Waals surface area contributed by atoms with Gasteiger partial charge in [-0.2, -0.15) is 0 Å². The van der Waals surface area contributed by atoms with Crippen LogP contribution in [0.3, 0.4) is 0 Å². The Balaban J connectivity index is 3.27. The van der Waals surface area contributed by atoms with E-state index in [9.17, 15) is 19.8 Å². The average molecular weight is 210 g/mol. The Morgan fingerprint density at radius 3 is 2.67 bits per heavy atom. The van der Waals surface area contributed by atoms with Crippen LogP contribution in [0, 0.1) is 15.0 Å². The summed E-state index contributed by atoms with van der Waals surface area (Å²) < 4.78 is 0. The molecule has 15 heavy (non-hydrogen) atoms. The molecule has 0 aromatic heterocycles. The lowest BCUT2D eigenvalue weighted by molar-refractivity contribution is -0.385. The zero-order chi connectivity index (χ0) is 11.4. The van der Waals surface area contributed by atoms with Gasteiger partial charge in [-0.3, -0.25) is 14.9 Å². The molecule has 1 aromatic carbocycles. The Labute approximate surface area is 83.5 Å². The molecular weight excluding hydrogens is 204 g/mol.